The lowest BCUT2D eigenvalue weighted by atomic mass is 9.89. The van der Waals surface area contributed by atoms with Crippen LogP contribution in [-0.2, 0) is 4.74 Å². The molecule has 0 atom stereocenters. The molecule has 0 bridgehead atoms. The highest BCUT2D eigenvalue weighted by Crippen LogP contribution is 2.30. The van der Waals surface area contributed by atoms with Crippen molar-refractivity contribution in [3.8, 4) is 0 Å². The highest BCUT2D eigenvalue weighted by atomic mass is 35.5. The maximum atomic E-state index is 13.4. The van der Waals surface area contributed by atoms with Gasteiger partial charge in [0.25, 0.3) is 0 Å². The van der Waals surface area contributed by atoms with Crippen molar-refractivity contribution in [3.63, 3.8) is 0 Å². The summed E-state index contributed by atoms with van der Waals surface area (Å²) >= 11 is 5.89. The molecule has 2 rings (SSSR count). The van der Waals surface area contributed by atoms with Crippen LogP contribution in [-0.4, -0.2) is 19.8 Å². The SMILES string of the molecule is CC1(CNc2c(F)cccc2Cl)COC1. The lowest BCUT2D eigenvalue weighted by molar-refractivity contribution is -0.0924. The molecule has 1 saturated heterocycles. The minimum Gasteiger partial charge on any atom is -0.381 e. The molecule has 2 nitrogen and oxygen atoms in total. The van der Waals surface area contributed by atoms with Crippen LogP contribution in [0.5, 0.6) is 0 Å². The number of rotatable bonds is 3. The third-order valence-electron chi connectivity index (χ3n) is 2.56. The molecule has 1 aliphatic heterocycles. The number of nitrogens with one attached hydrogen (secondary N) is 1. The monoisotopic (exact) mass is 229 g/mol. The summed E-state index contributed by atoms with van der Waals surface area (Å²) in [5, 5.41) is 3.45. The van der Waals surface area contributed by atoms with Crippen molar-refractivity contribution in [1.82, 2.24) is 0 Å². The molecule has 1 aromatic carbocycles. The minimum atomic E-state index is -0.314. The Balaban J connectivity index is 2.04. The van der Waals surface area contributed by atoms with Crippen molar-refractivity contribution >= 4 is 17.3 Å². The van der Waals surface area contributed by atoms with Crippen LogP contribution in [0.2, 0.25) is 5.02 Å². The van der Waals surface area contributed by atoms with E-state index in [1.807, 2.05) is 0 Å². The van der Waals surface area contributed by atoms with Crippen LogP contribution < -0.4 is 5.32 Å². The fourth-order valence-corrected chi connectivity index (χ4v) is 1.75. The first-order valence-corrected chi connectivity index (χ1v) is 5.24. The Labute approximate surface area is 93.4 Å². The molecule has 1 N–H and O–H groups in total. The third-order valence-corrected chi connectivity index (χ3v) is 2.87. The highest BCUT2D eigenvalue weighted by molar-refractivity contribution is 6.33. The molecule has 1 aliphatic rings. The molecule has 0 radical (unpaired) electrons. The molecule has 0 aromatic heterocycles. The summed E-state index contributed by atoms with van der Waals surface area (Å²) in [4.78, 5) is 0. The van der Waals surface area contributed by atoms with E-state index in [-0.39, 0.29) is 11.2 Å². The van der Waals surface area contributed by atoms with Crippen molar-refractivity contribution in [1.29, 1.82) is 0 Å². The molecule has 1 heterocycles. The van der Waals surface area contributed by atoms with Crippen LogP contribution in [0.4, 0.5) is 10.1 Å². The zero-order chi connectivity index (χ0) is 10.9. The molecule has 0 aliphatic carbocycles. The van der Waals surface area contributed by atoms with E-state index in [1.165, 1.54) is 6.07 Å². The zero-order valence-electron chi connectivity index (χ0n) is 8.52. The van der Waals surface area contributed by atoms with Crippen molar-refractivity contribution in [3.05, 3.63) is 29.0 Å². The smallest absolute Gasteiger partial charge is 0.147 e. The lowest BCUT2D eigenvalue weighted by Gasteiger charge is -2.38. The van der Waals surface area contributed by atoms with E-state index in [2.05, 4.69) is 12.2 Å². The van der Waals surface area contributed by atoms with Crippen molar-refractivity contribution in [2.75, 3.05) is 25.1 Å². The molecule has 4 heteroatoms. The van der Waals surface area contributed by atoms with E-state index >= 15 is 0 Å². The number of hydrogen-bond donors (Lipinski definition) is 1. The predicted molar refractivity (Wildman–Crippen MR) is 58.8 cm³/mol. The van der Waals surface area contributed by atoms with Gasteiger partial charge < -0.3 is 10.1 Å². The first-order valence-electron chi connectivity index (χ1n) is 4.86. The van der Waals surface area contributed by atoms with Gasteiger partial charge in [-0.25, -0.2) is 4.39 Å². The van der Waals surface area contributed by atoms with E-state index in [0.29, 0.717) is 30.5 Å². The van der Waals surface area contributed by atoms with Gasteiger partial charge in [0.1, 0.15) is 5.82 Å². The average molecular weight is 230 g/mol. The van der Waals surface area contributed by atoms with Gasteiger partial charge in [0.15, 0.2) is 0 Å². The molecular weight excluding hydrogens is 217 g/mol. The standard InChI is InChI=1S/C11H13ClFNO/c1-11(6-15-7-11)5-14-10-8(12)3-2-4-9(10)13/h2-4,14H,5-7H2,1H3. The number of halogens is 2. The van der Waals surface area contributed by atoms with E-state index in [1.54, 1.807) is 12.1 Å². The summed E-state index contributed by atoms with van der Waals surface area (Å²) in [5.41, 5.74) is 0.485. The topological polar surface area (TPSA) is 21.3 Å². The number of ether oxygens (including phenoxy) is 1. The molecular formula is C11H13ClFNO. The summed E-state index contributed by atoms with van der Waals surface area (Å²) in [6.45, 7) is 4.20. The number of hydrogen-bond acceptors (Lipinski definition) is 2. The summed E-state index contributed by atoms with van der Waals surface area (Å²) in [5.74, 6) is -0.314. The second-order valence-electron chi connectivity index (χ2n) is 4.25. The normalized spacial score (nSPS) is 18.3. The Morgan fingerprint density at radius 2 is 2.27 bits per heavy atom. The number of benzene rings is 1. The molecule has 0 amide bonds. The molecule has 15 heavy (non-hydrogen) atoms. The summed E-state index contributed by atoms with van der Waals surface area (Å²) in [6, 6.07) is 4.66. The Morgan fingerprint density at radius 1 is 1.53 bits per heavy atom. The zero-order valence-corrected chi connectivity index (χ0v) is 9.27. The van der Waals surface area contributed by atoms with Crippen molar-refractivity contribution in [2.24, 2.45) is 5.41 Å². The van der Waals surface area contributed by atoms with Crippen LogP contribution in [0, 0.1) is 11.2 Å². The Bertz CT molecular complexity index is 345. The van der Waals surface area contributed by atoms with E-state index in [9.17, 15) is 4.39 Å². The largest absolute Gasteiger partial charge is 0.381 e. The van der Waals surface area contributed by atoms with Gasteiger partial charge >= 0.3 is 0 Å². The summed E-state index contributed by atoms with van der Waals surface area (Å²) in [6.07, 6.45) is 0. The Kier molecular flexibility index (Phi) is 2.85. The first-order chi connectivity index (χ1) is 7.11. The fraction of sp³-hybridized carbons (Fsp3) is 0.455. The van der Waals surface area contributed by atoms with Gasteiger partial charge in [-0.2, -0.15) is 0 Å². The highest BCUT2D eigenvalue weighted by Gasteiger charge is 2.33. The summed E-state index contributed by atoms with van der Waals surface area (Å²) in [7, 11) is 0. The van der Waals surface area contributed by atoms with Gasteiger partial charge in [-0.1, -0.05) is 24.6 Å². The van der Waals surface area contributed by atoms with Crippen molar-refractivity contribution in [2.45, 2.75) is 6.92 Å². The molecule has 1 aromatic rings. The molecule has 0 unspecified atom stereocenters. The van der Waals surface area contributed by atoms with Gasteiger partial charge in [-0.15, -0.1) is 0 Å². The number of para-hydroxylation sites is 1. The van der Waals surface area contributed by atoms with E-state index < -0.39 is 0 Å². The number of anilines is 1. The fourth-order valence-electron chi connectivity index (χ4n) is 1.52. The van der Waals surface area contributed by atoms with Gasteiger partial charge in [0.2, 0.25) is 0 Å². The van der Waals surface area contributed by atoms with Gasteiger partial charge in [-0.05, 0) is 12.1 Å². The van der Waals surface area contributed by atoms with Crippen LogP contribution in [0.1, 0.15) is 6.92 Å². The summed E-state index contributed by atoms with van der Waals surface area (Å²) < 4.78 is 18.5. The molecule has 1 fully saturated rings. The van der Waals surface area contributed by atoms with Crippen LogP contribution in [0.15, 0.2) is 18.2 Å². The van der Waals surface area contributed by atoms with Crippen LogP contribution in [0.25, 0.3) is 0 Å². The maximum absolute atomic E-state index is 13.4. The lowest BCUT2D eigenvalue weighted by Crippen LogP contribution is -2.45. The molecule has 82 valence electrons. The third kappa shape index (κ3) is 2.24. The second-order valence-corrected chi connectivity index (χ2v) is 4.66. The minimum absolute atomic E-state index is 0.103. The Hall–Kier alpha value is -0.800. The van der Waals surface area contributed by atoms with Crippen LogP contribution in [0.3, 0.4) is 0 Å². The van der Waals surface area contributed by atoms with Gasteiger partial charge in [-0.3, -0.25) is 0 Å². The van der Waals surface area contributed by atoms with Gasteiger partial charge in [0.05, 0.1) is 23.9 Å². The average Bonchev–Trinajstić information content (AvgIpc) is 2.14. The van der Waals surface area contributed by atoms with Crippen molar-refractivity contribution < 1.29 is 9.13 Å². The van der Waals surface area contributed by atoms with E-state index in [4.69, 9.17) is 16.3 Å². The molecule has 0 saturated carbocycles. The first kappa shape index (κ1) is 10.7. The molecule has 0 spiro atoms. The van der Waals surface area contributed by atoms with E-state index in [0.717, 1.165) is 0 Å². The maximum Gasteiger partial charge on any atom is 0.147 e. The van der Waals surface area contributed by atoms with Gasteiger partial charge in [0, 0.05) is 12.0 Å². The Morgan fingerprint density at radius 3 is 2.80 bits per heavy atom. The second kappa shape index (κ2) is 3.99. The predicted octanol–water partition coefficient (Wildman–Crippen LogP) is 2.93. The van der Waals surface area contributed by atoms with Crippen LogP contribution >= 0.6 is 11.6 Å². The quantitative estimate of drug-likeness (QED) is 0.861.